The predicted molar refractivity (Wildman–Crippen MR) is 64.3 cm³/mol. The molecule has 1 aliphatic carbocycles. The fourth-order valence-electron chi connectivity index (χ4n) is 2.11. The second kappa shape index (κ2) is 4.35. The van der Waals surface area contributed by atoms with Crippen LogP contribution in [0.5, 0.6) is 0 Å². The minimum absolute atomic E-state index is 0.328. The van der Waals surface area contributed by atoms with Crippen LogP contribution in [0.25, 0.3) is 0 Å². The van der Waals surface area contributed by atoms with Gasteiger partial charge < -0.3 is 5.73 Å². The van der Waals surface area contributed by atoms with Gasteiger partial charge in [0.15, 0.2) is 0 Å². The SMILES string of the molecule is Cc1cccc(S(=O)C2CCCC2)c1N. The summed E-state index contributed by atoms with van der Waals surface area (Å²) in [6.45, 7) is 1.96. The number of benzene rings is 1. The number of para-hydroxylation sites is 1. The molecule has 15 heavy (non-hydrogen) atoms. The number of hydrogen-bond acceptors (Lipinski definition) is 2. The lowest BCUT2D eigenvalue weighted by Crippen LogP contribution is -2.12. The second-order valence-electron chi connectivity index (χ2n) is 4.19. The topological polar surface area (TPSA) is 43.1 Å². The minimum Gasteiger partial charge on any atom is -0.398 e. The van der Waals surface area contributed by atoms with Crippen LogP contribution in [0.4, 0.5) is 5.69 Å². The molecule has 0 saturated heterocycles. The van der Waals surface area contributed by atoms with Crippen LogP contribution in [0.1, 0.15) is 31.2 Å². The maximum absolute atomic E-state index is 12.3. The Hall–Kier alpha value is -0.830. The van der Waals surface area contributed by atoms with Crippen LogP contribution in [0.15, 0.2) is 23.1 Å². The van der Waals surface area contributed by atoms with Gasteiger partial charge in [-0.2, -0.15) is 0 Å². The first-order valence-corrected chi connectivity index (χ1v) is 6.67. The zero-order valence-electron chi connectivity index (χ0n) is 9.03. The number of aryl methyl sites for hydroxylation is 1. The number of nitrogen functional groups attached to an aromatic ring is 1. The van der Waals surface area contributed by atoms with E-state index in [4.69, 9.17) is 5.73 Å². The Kier molecular flexibility index (Phi) is 3.10. The molecule has 0 bridgehead atoms. The number of nitrogens with two attached hydrogens (primary N) is 1. The van der Waals surface area contributed by atoms with Crippen LogP contribution in [-0.2, 0) is 10.8 Å². The van der Waals surface area contributed by atoms with Gasteiger partial charge in [-0.25, -0.2) is 0 Å². The quantitative estimate of drug-likeness (QED) is 0.783. The Balaban J connectivity index is 2.28. The molecule has 0 aliphatic heterocycles. The van der Waals surface area contributed by atoms with Crippen LogP contribution >= 0.6 is 0 Å². The van der Waals surface area contributed by atoms with E-state index in [1.807, 2.05) is 25.1 Å². The highest BCUT2D eigenvalue weighted by molar-refractivity contribution is 7.85. The summed E-state index contributed by atoms with van der Waals surface area (Å²) in [5, 5.41) is 0.328. The van der Waals surface area contributed by atoms with Crippen molar-refractivity contribution >= 4 is 16.5 Å². The first-order chi connectivity index (χ1) is 7.20. The van der Waals surface area contributed by atoms with Crippen molar-refractivity contribution in [1.82, 2.24) is 0 Å². The predicted octanol–water partition coefficient (Wildman–Crippen LogP) is 2.63. The maximum atomic E-state index is 12.3. The van der Waals surface area contributed by atoms with Gasteiger partial charge >= 0.3 is 0 Å². The van der Waals surface area contributed by atoms with Gasteiger partial charge in [0.25, 0.3) is 0 Å². The molecule has 0 radical (unpaired) electrons. The van der Waals surface area contributed by atoms with Crippen LogP contribution < -0.4 is 5.73 Å². The normalized spacial score (nSPS) is 19.3. The largest absolute Gasteiger partial charge is 0.398 e. The lowest BCUT2D eigenvalue weighted by molar-refractivity contribution is 0.669. The van der Waals surface area contributed by atoms with Gasteiger partial charge in [0.2, 0.25) is 0 Å². The summed E-state index contributed by atoms with van der Waals surface area (Å²) in [6.07, 6.45) is 4.59. The van der Waals surface area contributed by atoms with E-state index in [1.165, 1.54) is 12.8 Å². The van der Waals surface area contributed by atoms with Crippen molar-refractivity contribution in [2.45, 2.75) is 42.8 Å². The molecule has 1 atom stereocenters. The first kappa shape index (κ1) is 10.7. The number of anilines is 1. The third-order valence-electron chi connectivity index (χ3n) is 3.11. The highest BCUT2D eigenvalue weighted by atomic mass is 32.2. The smallest absolute Gasteiger partial charge is 0.0622 e. The van der Waals surface area contributed by atoms with E-state index in [-0.39, 0.29) is 0 Å². The molecule has 0 amide bonds. The number of rotatable bonds is 2. The molecule has 0 heterocycles. The van der Waals surface area contributed by atoms with Gasteiger partial charge in [-0.05, 0) is 31.4 Å². The highest BCUT2D eigenvalue weighted by Gasteiger charge is 2.23. The fourth-order valence-corrected chi connectivity index (χ4v) is 3.82. The summed E-state index contributed by atoms with van der Waals surface area (Å²) in [7, 11) is -0.906. The van der Waals surface area contributed by atoms with Crippen molar-refractivity contribution in [3.8, 4) is 0 Å². The van der Waals surface area contributed by atoms with Gasteiger partial charge in [0.1, 0.15) is 0 Å². The van der Waals surface area contributed by atoms with Crippen LogP contribution in [0.3, 0.4) is 0 Å². The van der Waals surface area contributed by atoms with Crippen molar-refractivity contribution in [3.05, 3.63) is 23.8 Å². The minimum atomic E-state index is -0.906. The van der Waals surface area contributed by atoms with E-state index >= 15 is 0 Å². The standard InChI is InChI=1S/C12H17NOS/c1-9-5-4-8-11(12(9)13)15(14)10-6-2-3-7-10/h4-5,8,10H,2-3,6-7,13H2,1H3. The summed E-state index contributed by atoms with van der Waals surface area (Å²) in [5.74, 6) is 0. The van der Waals surface area contributed by atoms with E-state index in [0.29, 0.717) is 10.9 Å². The van der Waals surface area contributed by atoms with Crippen molar-refractivity contribution in [3.63, 3.8) is 0 Å². The molecule has 1 unspecified atom stereocenters. The average Bonchev–Trinajstić information content (AvgIpc) is 2.74. The lowest BCUT2D eigenvalue weighted by atomic mass is 10.2. The molecule has 1 aliphatic rings. The summed E-state index contributed by atoms with van der Waals surface area (Å²) in [4.78, 5) is 0.835. The maximum Gasteiger partial charge on any atom is 0.0622 e. The summed E-state index contributed by atoms with van der Waals surface area (Å²) < 4.78 is 12.3. The lowest BCUT2D eigenvalue weighted by Gasteiger charge is -2.12. The third kappa shape index (κ3) is 2.07. The summed E-state index contributed by atoms with van der Waals surface area (Å²) in [6, 6.07) is 5.80. The van der Waals surface area contributed by atoms with Gasteiger partial charge in [-0.15, -0.1) is 0 Å². The van der Waals surface area contributed by atoms with Gasteiger partial charge in [0, 0.05) is 5.25 Å². The fraction of sp³-hybridized carbons (Fsp3) is 0.500. The van der Waals surface area contributed by atoms with E-state index in [1.54, 1.807) is 0 Å². The third-order valence-corrected chi connectivity index (χ3v) is 4.97. The van der Waals surface area contributed by atoms with E-state index in [9.17, 15) is 4.21 Å². The van der Waals surface area contributed by atoms with Crippen LogP contribution in [0.2, 0.25) is 0 Å². The zero-order chi connectivity index (χ0) is 10.8. The van der Waals surface area contributed by atoms with Crippen molar-refractivity contribution in [2.75, 3.05) is 5.73 Å². The molecular weight excluding hydrogens is 206 g/mol. The molecule has 3 heteroatoms. The molecule has 1 aromatic rings. The van der Waals surface area contributed by atoms with E-state index in [0.717, 1.165) is 23.3 Å². The molecule has 1 aromatic carbocycles. The number of hydrogen-bond donors (Lipinski definition) is 1. The molecule has 2 rings (SSSR count). The van der Waals surface area contributed by atoms with Crippen molar-refractivity contribution < 1.29 is 4.21 Å². The van der Waals surface area contributed by atoms with Crippen LogP contribution in [0, 0.1) is 6.92 Å². The van der Waals surface area contributed by atoms with Crippen molar-refractivity contribution in [2.24, 2.45) is 0 Å². The summed E-state index contributed by atoms with van der Waals surface area (Å²) in [5.41, 5.74) is 7.70. The molecule has 2 nitrogen and oxygen atoms in total. The molecule has 0 spiro atoms. The van der Waals surface area contributed by atoms with E-state index in [2.05, 4.69) is 0 Å². The van der Waals surface area contributed by atoms with Crippen molar-refractivity contribution in [1.29, 1.82) is 0 Å². The Morgan fingerprint density at radius 1 is 1.33 bits per heavy atom. The molecule has 1 saturated carbocycles. The molecule has 1 fully saturated rings. The highest BCUT2D eigenvalue weighted by Crippen LogP contribution is 2.30. The summed E-state index contributed by atoms with van der Waals surface area (Å²) >= 11 is 0. The Morgan fingerprint density at radius 2 is 2.00 bits per heavy atom. The molecular formula is C12H17NOS. The van der Waals surface area contributed by atoms with Gasteiger partial charge in [-0.1, -0.05) is 25.0 Å². The average molecular weight is 223 g/mol. The first-order valence-electron chi connectivity index (χ1n) is 5.46. The van der Waals surface area contributed by atoms with Crippen LogP contribution in [-0.4, -0.2) is 9.46 Å². The Labute approximate surface area is 93.3 Å². The van der Waals surface area contributed by atoms with E-state index < -0.39 is 10.8 Å². The monoisotopic (exact) mass is 223 g/mol. The molecule has 2 N–H and O–H groups in total. The van der Waals surface area contributed by atoms with Gasteiger partial charge in [0.05, 0.1) is 21.4 Å². The molecule has 82 valence electrons. The second-order valence-corrected chi connectivity index (χ2v) is 5.89. The Morgan fingerprint density at radius 3 is 2.67 bits per heavy atom. The Bertz CT molecular complexity index is 383. The van der Waals surface area contributed by atoms with Gasteiger partial charge in [-0.3, -0.25) is 4.21 Å². The zero-order valence-corrected chi connectivity index (χ0v) is 9.85. The molecule has 0 aromatic heterocycles.